The van der Waals surface area contributed by atoms with Crippen molar-refractivity contribution in [1.82, 2.24) is 10.0 Å². The highest BCUT2D eigenvalue weighted by molar-refractivity contribution is 9.10. The van der Waals surface area contributed by atoms with E-state index in [0.29, 0.717) is 0 Å². The Bertz CT molecular complexity index is 1010. The molecule has 4 nitrogen and oxygen atoms in total. The molecular weight excluding hydrogens is 556 g/mol. The third-order valence-electron chi connectivity index (χ3n) is 8.90. The molecule has 34 heavy (non-hydrogen) atoms. The van der Waals surface area contributed by atoms with Crippen LogP contribution >= 0.6 is 31.9 Å². The minimum absolute atomic E-state index is 0.0729. The number of benzene rings is 2. The number of halogens is 2. The van der Waals surface area contributed by atoms with Gasteiger partial charge in [-0.05, 0) is 61.1 Å². The van der Waals surface area contributed by atoms with Crippen LogP contribution in [-0.4, -0.2) is 21.8 Å². The Morgan fingerprint density at radius 2 is 0.882 bits per heavy atom. The first kappa shape index (κ1) is 22.8. The Morgan fingerprint density at radius 1 is 0.559 bits per heavy atom. The quantitative estimate of drug-likeness (QED) is 0.350. The highest BCUT2D eigenvalue weighted by Crippen LogP contribution is 2.65. The molecule has 2 heterocycles. The van der Waals surface area contributed by atoms with Gasteiger partial charge in [0.15, 0.2) is 0 Å². The molecule has 2 aromatic rings. The number of hydrogen-bond donors (Lipinski definition) is 0. The van der Waals surface area contributed by atoms with Gasteiger partial charge in [0, 0.05) is 8.95 Å². The number of nitrogens with zero attached hydrogens (tertiary/aromatic N) is 2. The van der Waals surface area contributed by atoms with Crippen LogP contribution in [0.2, 0.25) is 0 Å². The second-order valence-electron chi connectivity index (χ2n) is 10.6. The minimum atomic E-state index is -0.369. The lowest BCUT2D eigenvalue weighted by Gasteiger charge is -2.68. The number of β-lactam (4-membered cyclic amide) rings is 2. The first-order chi connectivity index (χ1) is 16.5. The molecule has 2 aromatic carbocycles. The van der Waals surface area contributed by atoms with E-state index < -0.39 is 0 Å². The first-order valence-corrected chi connectivity index (χ1v) is 14.2. The van der Waals surface area contributed by atoms with Crippen molar-refractivity contribution in [1.29, 1.82) is 0 Å². The van der Waals surface area contributed by atoms with Gasteiger partial charge in [-0.1, -0.05) is 94.7 Å². The summed E-state index contributed by atoms with van der Waals surface area (Å²) >= 11 is 7.11. The molecule has 2 aliphatic carbocycles. The molecule has 2 spiro atoms. The van der Waals surface area contributed by atoms with Crippen LogP contribution in [0.3, 0.4) is 0 Å². The van der Waals surface area contributed by atoms with Crippen LogP contribution in [0.25, 0.3) is 0 Å². The molecule has 4 fully saturated rings. The summed E-state index contributed by atoms with van der Waals surface area (Å²) in [5.41, 5.74) is 1.53. The Hall–Kier alpha value is -1.66. The maximum Gasteiger partial charge on any atom is 0.250 e. The van der Waals surface area contributed by atoms with Crippen LogP contribution in [-0.2, 0) is 9.59 Å². The maximum atomic E-state index is 14.0. The second-order valence-corrected chi connectivity index (χ2v) is 12.5. The average molecular weight is 586 g/mol. The number of amides is 2. The lowest BCUT2D eigenvalue weighted by atomic mass is 9.58. The minimum Gasteiger partial charge on any atom is -0.272 e. The maximum absolute atomic E-state index is 14.0. The summed E-state index contributed by atoms with van der Waals surface area (Å²) in [5, 5.41) is 3.73. The fraction of sp³-hybridized carbons (Fsp3) is 0.500. The van der Waals surface area contributed by atoms with Gasteiger partial charge < -0.3 is 0 Å². The molecule has 2 aliphatic heterocycles. The third kappa shape index (κ3) is 3.20. The molecule has 0 aromatic heterocycles. The summed E-state index contributed by atoms with van der Waals surface area (Å²) < 4.78 is 2.06. The normalized spacial score (nSPS) is 27.6. The van der Waals surface area contributed by atoms with Gasteiger partial charge in [-0.15, -0.1) is 0 Å². The smallest absolute Gasteiger partial charge is 0.250 e. The summed E-state index contributed by atoms with van der Waals surface area (Å²) in [6.07, 6.45) is 10.4. The zero-order valence-electron chi connectivity index (χ0n) is 19.3. The highest BCUT2D eigenvalue weighted by Gasteiger charge is 2.71. The lowest BCUT2D eigenvalue weighted by molar-refractivity contribution is -0.264. The average Bonchev–Trinajstić information content (AvgIpc) is 2.88. The van der Waals surface area contributed by atoms with Crippen molar-refractivity contribution in [2.75, 3.05) is 0 Å². The third-order valence-corrected chi connectivity index (χ3v) is 9.96. The zero-order chi connectivity index (χ0) is 23.5. The van der Waals surface area contributed by atoms with Gasteiger partial charge in [0.2, 0.25) is 0 Å². The van der Waals surface area contributed by atoms with Crippen molar-refractivity contribution in [2.24, 2.45) is 10.8 Å². The second kappa shape index (κ2) is 8.48. The molecule has 0 radical (unpaired) electrons. The number of hydrogen-bond acceptors (Lipinski definition) is 2. The summed E-state index contributed by atoms with van der Waals surface area (Å²) in [5.74, 6) is 0.308. The van der Waals surface area contributed by atoms with E-state index in [1.165, 1.54) is 12.8 Å². The number of carbonyl (C=O) groups is 2. The van der Waals surface area contributed by atoms with E-state index in [0.717, 1.165) is 71.4 Å². The van der Waals surface area contributed by atoms with Gasteiger partial charge in [0.05, 0.1) is 22.9 Å². The number of carbonyl (C=O) groups excluding carboxylic acids is 2. The Morgan fingerprint density at radius 3 is 1.21 bits per heavy atom. The summed E-state index contributed by atoms with van der Waals surface area (Å²) in [6.45, 7) is 0. The monoisotopic (exact) mass is 584 g/mol. The van der Waals surface area contributed by atoms with E-state index in [1.54, 1.807) is 0 Å². The van der Waals surface area contributed by atoms with Crippen LogP contribution < -0.4 is 0 Å². The van der Waals surface area contributed by atoms with E-state index in [4.69, 9.17) is 0 Å². The fourth-order valence-electron chi connectivity index (χ4n) is 7.26. The van der Waals surface area contributed by atoms with Crippen molar-refractivity contribution >= 4 is 43.7 Å². The van der Waals surface area contributed by atoms with Gasteiger partial charge in [-0.2, -0.15) is 0 Å². The molecular formula is C28H30Br2N2O2. The molecule has 0 unspecified atom stereocenters. The van der Waals surface area contributed by atoms with Gasteiger partial charge in [0.25, 0.3) is 11.8 Å². The van der Waals surface area contributed by atoms with E-state index in [1.807, 2.05) is 10.0 Å². The zero-order valence-corrected chi connectivity index (χ0v) is 22.5. The van der Waals surface area contributed by atoms with Crippen molar-refractivity contribution in [3.8, 4) is 0 Å². The van der Waals surface area contributed by atoms with Crippen molar-refractivity contribution < 1.29 is 9.59 Å². The SMILES string of the molecule is O=C1N(N2C(=O)C3(CCCCC3)[C@H]2c2ccc(Br)cc2)[C@@H](c2ccc(Br)cc2)C12CCCCC2. The highest BCUT2D eigenvalue weighted by atomic mass is 79.9. The molecule has 2 atom stereocenters. The molecule has 0 bridgehead atoms. The van der Waals surface area contributed by atoms with Crippen LogP contribution in [0.1, 0.15) is 87.4 Å². The molecule has 6 heteroatoms. The number of rotatable bonds is 3. The van der Waals surface area contributed by atoms with Gasteiger partial charge in [-0.25, -0.2) is 10.0 Å². The standard InChI is InChI=1S/C28H30Br2N2O2/c29-21-11-7-19(8-12-21)23-27(15-3-1-4-16-27)25(33)31(23)32-24(20-9-13-22(30)14-10-20)28(26(32)34)17-5-2-6-18-28/h7-14,23-24H,1-6,15-18H2/t23-,24+. The van der Waals surface area contributed by atoms with Crippen molar-refractivity contribution in [3.05, 3.63) is 68.6 Å². The largest absolute Gasteiger partial charge is 0.272 e. The van der Waals surface area contributed by atoms with E-state index in [2.05, 4.69) is 80.4 Å². The molecule has 2 amide bonds. The lowest BCUT2D eigenvalue weighted by Crippen LogP contribution is -2.77. The van der Waals surface area contributed by atoms with Crippen molar-refractivity contribution in [2.45, 2.75) is 76.3 Å². The first-order valence-electron chi connectivity index (χ1n) is 12.7. The van der Waals surface area contributed by atoms with Crippen LogP contribution in [0.5, 0.6) is 0 Å². The number of hydrazine groups is 1. The van der Waals surface area contributed by atoms with Gasteiger partial charge in [0.1, 0.15) is 0 Å². The summed E-state index contributed by atoms with van der Waals surface area (Å²) in [4.78, 5) is 28.0. The van der Waals surface area contributed by atoms with Crippen LogP contribution in [0.15, 0.2) is 57.5 Å². The summed E-state index contributed by atoms with van der Waals surface area (Å²) in [6, 6.07) is 16.6. The Labute approximate surface area is 218 Å². The molecule has 2 saturated carbocycles. The predicted octanol–water partition coefficient (Wildman–Crippen LogP) is 7.49. The topological polar surface area (TPSA) is 40.6 Å². The van der Waals surface area contributed by atoms with E-state index >= 15 is 0 Å². The van der Waals surface area contributed by atoms with Gasteiger partial charge >= 0.3 is 0 Å². The molecule has 178 valence electrons. The molecule has 0 N–H and O–H groups in total. The molecule has 4 aliphatic rings. The fourth-order valence-corrected chi connectivity index (χ4v) is 7.78. The van der Waals surface area contributed by atoms with Gasteiger partial charge in [-0.3, -0.25) is 9.59 Å². The van der Waals surface area contributed by atoms with Crippen LogP contribution in [0.4, 0.5) is 0 Å². The molecule has 6 rings (SSSR count). The predicted molar refractivity (Wildman–Crippen MR) is 138 cm³/mol. The van der Waals surface area contributed by atoms with Crippen molar-refractivity contribution in [3.63, 3.8) is 0 Å². The van der Waals surface area contributed by atoms with Crippen LogP contribution in [0, 0.1) is 10.8 Å². The Kier molecular flexibility index (Phi) is 5.68. The summed E-state index contributed by atoms with van der Waals surface area (Å²) in [7, 11) is 0. The van der Waals surface area contributed by atoms with E-state index in [-0.39, 0.29) is 34.7 Å². The molecule has 2 saturated heterocycles. The van der Waals surface area contributed by atoms with E-state index in [9.17, 15) is 9.59 Å². The Balaban J connectivity index is 1.43.